The van der Waals surface area contributed by atoms with E-state index < -0.39 is 10.1 Å². The van der Waals surface area contributed by atoms with Crippen LogP contribution < -0.4 is 5.32 Å². The fraction of sp³-hybridized carbons (Fsp3) is 0.273. The van der Waals surface area contributed by atoms with Crippen molar-refractivity contribution in [3.63, 3.8) is 0 Å². The average molecular weight is 252 g/mol. The predicted molar refractivity (Wildman–Crippen MR) is 64.9 cm³/mol. The lowest BCUT2D eigenvalue weighted by atomic mass is 10.1. The minimum atomic E-state index is -4.19. The largest absolute Gasteiger partial charge is 0.384 e. The van der Waals surface area contributed by atoms with Crippen molar-refractivity contribution in [3.05, 3.63) is 23.8 Å². The smallest absolute Gasteiger partial charge is 0.310 e. The van der Waals surface area contributed by atoms with E-state index in [1.54, 1.807) is 0 Å². The van der Waals surface area contributed by atoms with Crippen molar-refractivity contribution in [3.8, 4) is 0 Å². The fourth-order valence-electron chi connectivity index (χ4n) is 2.39. The molecule has 5 nitrogen and oxygen atoms in total. The van der Waals surface area contributed by atoms with Crippen molar-refractivity contribution >= 4 is 26.7 Å². The second-order valence-corrected chi connectivity index (χ2v) is 5.52. The van der Waals surface area contributed by atoms with Gasteiger partial charge in [0.05, 0.1) is 0 Å². The molecule has 1 aromatic carbocycles. The van der Waals surface area contributed by atoms with Gasteiger partial charge in [-0.3, -0.25) is 4.55 Å². The maximum Gasteiger partial charge on any atom is 0.310 e. The van der Waals surface area contributed by atoms with Crippen LogP contribution in [0.1, 0.15) is 12.0 Å². The summed E-state index contributed by atoms with van der Waals surface area (Å²) in [6.07, 6.45) is 1.48. The first-order valence-electron chi connectivity index (χ1n) is 5.42. The summed E-state index contributed by atoms with van der Waals surface area (Å²) in [5.74, 6) is 0. The molecule has 0 radical (unpaired) electrons. The molecule has 0 bridgehead atoms. The number of H-pyrrole nitrogens is 1. The molecule has 1 aliphatic heterocycles. The maximum atomic E-state index is 11.3. The Bertz CT molecular complexity index is 688. The van der Waals surface area contributed by atoms with Crippen molar-refractivity contribution < 1.29 is 13.0 Å². The standard InChI is InChI=1S/C11H12N2O3S/c14-17(15,16)11-7-3-2-6-12-8-4-1-5-9(13-11)10(7)8/h1,4-5,12-13H,2-3,6H2,(H,14,15,16). The van der Waals surface area contributed by atoms with E-state index in [9.17, 15) is 13.0 Å². The van der Waals surface area contributed by atoms with Gasteiger partial charge < -0.3 is 10.3 Å². The lowest BCUT2D eigenvalue weighted by molar-refractivity contribution is 0.479. The van der Waals surface area contributed by atoms with E-state index in [-0.39, 0.29) is 5.03 Å². The zero-order chi connectivity index (χ0) is 12.0. The molecule has 1 aromatic heterocycles. The third-order valence-corrected chi connectivity index (χ3v) is 3.93. The molecule has 6 heteroatoms. The number of benzene rings is 1. The molecule has 2 heterocycles. The third-order valence-electron chi connectivity index (χ3n) is 3.07. The highest BCUT2D eigenvalue weighted by atomic mass is 32.2. The van der Waals surface area contributed by atoms with E-state index in [0.717, 1.165) is 29.6 Å². The van der Waals surface area contributed by atoms with E-state index in [4.69, 9.17) is 0 Å². The number of rotatable bonds is 1. The van der Waals surface area contributed by atoms with Crippen LogP contribution in [0, 0.1) is 0 Å². The van der Waals surface area contributed by atoms with Gasteiger partial charge in [-0.05, 0) is 25.0 Å². The summed E-state index contributed by atoms with van der Waals surface area (Å²) in [7, 11) is -4.19. The highest BCUT2D eigenvalue weighted by Crippen LogP contribution is 2.34. The number of aromatic amines is 1. The summed E-state index contributed by atoms with van der Waals surface area (Å²) < 4.78 is 31.9. The van der Waals surface area contributed by atoms with E-state index in [1.165, 1.54) is 0 Å². The van der Waals surface area contributed by atoms with Gasteiger partial charge in [-0.15, -0.1) is 0 Å². The second kappa shape index (κ2) is 3.48. The summed E-state index contributed by atoms with van der Waals surface area (Å²) >= 11 is 0. The number of hydrogen-bond acceptors (Lipinski definition) is 3. The molecule has 0 fully saturated rings. The minimum Gasteiger partial charge on any atom is -0.384 e. The van der Waals surface area contributed by atoms with E-state index in [2.05, 4.69) is 10.3 Å². The van der Waals surface area contributed by atoms with Crippen LogP contribution in [-0.4, -0.2) is 24.5 Å². The zero-order valence-corrected chi connectivity index (χ0v) is 9.84. The molecule has 1 aliphatic rings. The summed E-state index contributed by atoms with van der Waals surface area (Å²) in [6, 6.07) is 5.58. The van der Waals surface area contributed by atoms with Crippen molar-refractivity contribution in [1.82, 2.24) is 4.98 Å². The highest BCUT2D eigenvalue weighted by molar-refractivity contribution is 7.85. The van der Waals surface area contributed by atoms with Gasteiger partial charge in [-0.2, -0.15) is 8.42 Å². The Morgan fingerprint density at radius 3 is 2.88 bits per heavy atom. The Labute approximate surface area is 98.6 Å². The Morgan fingerprint density at radius 2 is 2.12 bits per heavy atom. The number of anilines is 1. The van der Waals surface area contributed by atoms with Crippen molar-refractivity contribution in [2.75, 3.05) is 11.9 Å². The highest BCUT2D eigenvalue weighted by Gasteiger charge is 2.23. The van der Waals surface area contributed by atoms with Crippen LogP contribution >= 0.6 is 0 Å². The summed E-state index contributed by atoms with van der Waals surface area (Å²) in [4.78, 5) is 2.79. The van der Waals surface area contributed by atoms with Gasteiger partial charge in [0.2, 0.25) is 0 Å². The lowest BCUT2D eigenvalue weighted by Crippen LogP contribution is -2.03. The zero-order valence-electron chi connectivity index (χ0n) is 9.03. The van der Waals surface area contributed by atoms with Crippen LogP contribution in [0.3, 0.4) is 0 Å². The van der Waals surface area contributed by atoms with Crippen LogP contribution in [0.5, 0.6) is 0 Å². The molecule has 0 unspecified atom stereocenters. The molecule has 0 amide bonds. The van der Waals surface area contributed by atoms with Gasteiger partial charge in [0.25, 0.3) is 0 Å². The first-order valence-corrected chi connectivity index (χ1v) is 6.86. The topological polar surface area (TPSA) is 82.2 Å². The summed E-state index contributed by atoms with van der Waals surface area (Å²) in [5.41, 5.74) is 2.34. The second-order valence-electron chi connectivity index (χ2n) is 4.17. The molecular formula is C11H12N2O3S. The fourth-order valence-corrected chi connectivity index (χ4v) is 3.14. The van der Waals surface area contributed by atoms with Crippen LogP contribution in [0.4, 0.5) is 5.69 Å². The summed E-state index contributed by atoms with van der Waals surface area (Å²) in [5, 5.41) is 4.06. The molecule has 3 N–H and O–H groups in total. The molecule has 0 saturated carbocycles. The van der Waals surface area contributed by atoms with E-state index in [1.807, 2.05) is 18.2 Å². The van der Waals surface area contributed by atoms with Gasteiger partial charge in [-0.25, -0.2) is 0 Å². The Hall–Kier alpha value is -1.53. The lowest BCUT2D eigenvalue weighted by Gasteiger charge is -2.03. The minimum absolute atomic E-state index is 0.0661. The molecule has 0 saturated heterocycles. The average Bonchev–Trinajstić information content (AvgIpc) is 2.50. The van der Waals surface area contributed by atoms with Gasteiger partial charge in [0.1, 0.15) is 0 Å². The predicted octanol–water partition coefficient (Wildman–Crippen LogP) is 1.77. The first-order chi connectivity index (χ1) is 8.07. The molecule has 3 rings (SSSR count). The van der Waals surface area contributed by atoms with E-state index >= 15 is 0 Å². The Morgan fingerprint density at radius 1 is 1.29 bits per heavy atom. The molecule has 0 atom stereocenters. The maximum absolute atomic E-state index is 11.3. The Kier molecular flexibility index (Phi) is 2.17. The number of hydrogen-bond donors (Lipinski definition) is 3. The third kappa shape index (κ3) is 1.60. The molecular weight excluding hydrogens is 240 g/mol. The van der Waals surface area contributed by atoms with Gasteiger partial charge in [0, 0.05) is 28.7 Å². The van der Waals surface area contributed by atoms with E-state index in [0.29, 0.717) is 12.0 Å². The Balaban J connectivity index is 2.43. The van der Waals surface area contributed by atoms with Crippen molar-refractivity contribution in [2.45, 2.75) is 17.9 Å². The molecule has 0 spiro atoms. The molecule has 0 aliphatic carbocycles. The first kappa shape index (κ1) is 10.6. The molecule has 2 aromatic rings. The van der Waals surface area contributed by atoms with Gasteiger partial charge >= 0.3 is 10.1 Å². The van der Waals surface area contributed by atoms with Crippen LogP contribution in [-0.2, 0) is 16.5 Å². The van der Waals surface area contributed by atoms with Gasteiger partial charge in [-0.1, -0.05) is 6.07 Å². The monoisotopic (exact) mass is 252 g/mol. The van der Waals surface area contributed by atoms with Crippen LogP contribution in [0.15, 0.2) is 23.2 Å². The van der Waals surface area contributed by atoms with Gasteiger partial charge in [0.15, 0.2) is 5.03 Å². The SMILES string of the molecule is O=S(=O)(O)c1[nH]c2cccc3c2c1CCCN3. The number of aromatic nitrogens is 1. The van der Waals surface area contributed by atoms with Crippen LogP contribution in [0.25, 0.3) is 10.9 Å². The molecule has 17 heavy (non-hydrogen) atoms. The number of aryl methyl sites for hydroxylation is 1. The van der Waals surface area contributed by atoms with Crippen molar-refractivity contribution in [2.24, 2.45) is 0 Å². The normalized spacial score (nSPS) is 15.6. The number of nitrogens with one attached hydrogen (secondary N) is 2. The van der Waals surface area contributed by atoms with Crippen LogP contribution in [0.2, 0.25) is 0 Å². The van der Waals surface area contributed by atoms with Crippen molar-refractivity contribution in [1.29, 1.82) is 0 Å². The quantitative estimate of drug-likeness (QED) is 0.675. The summed E-state index contributed by atoms with van der Waals surface area (Å²) in [6.45, 7) is 0.804. The molecule has 90 valence electrons.